The Hall–Kier alpha value is -8.61. The van der Waals surface area contributed by atoms with E-state index in [-0.39, 0.29) is 60.1 Å². The molecule has 14 atom stereocenters. The van der Waals surface area contributed by atoms with E-state index < -0.39 is 47.2 Å². The highest BCUT2D eigenvalue weighted by Crippen LogP contribution is 2.43. The van der Waals surface area contributed by atoms with E-state index in [0.717, 1.165) is 158 Å². The number of nitrogens with one attached hydrogen (secondary N) is 2. The Morgan fingerprint density at radius 3 is 1.28 bits per heavy atom. The van der Waals surface area contributed by atoms with Crippen LogP contribution in [0.25, 0.3) is 10.8 Å². The zero-order valence-electron chi connectivity index (χ0n) is 85.9. The lowest BCUT2D eigenvalue weighted by molar-refractivity contribution is -0.161. The average Bonchev–Trinajstić information content (AvgIpc) is 1.63. The molecule has 11 fully saturated rings. The summed E-state index contributed by atoms with van der Waals surface area (Å²) in [6.45, 7) is 33.3. The number of amides is 4. The van der Waals surface area contributed by atoms with Gasteiger partial charge in [0.05, 0.1) is 24.4 Å². The summed E-state index contributed by atoms with van der Waals surface area (Å²) in [4.78, 5) is 103. The van der Waals surface area contributed by atoms with Crippen molar-refractivity contribution in [3.8, 4) is 0 Å². The number of carbonyl (C=O) groups excluding carboxylic acids is 5. The molecule has 4 saturated carbocycles. The summed E-state index contributed by atoms with van der Waals surface area (Å²) in [6, 6.07) is 58.9. The number of benzene rings is 6. The monoisotopic (exact) mass is 1900 g/mol. The van der Waals surface area contributed by atoms with Crippen LogP contribution in [-0.4, -0.2) is 257 Å². The molecule has 0 radical (unpaired) electrons. The van der Waals surface area contributed by atoms with E-state index in [9.17, 15) is 38.7 Å². The molecule has 22 heteroatoms. The van der Waals surface area contributed by atoms with Crippen molar-refractivity contribution in [1.29, 1.82) is 0 Å². The van der Waals surface area contributed by atoms with E-state index in [1.165, 1.54) is 201 Å². The van der Waals surface area contributed by atoms with Gasteiger partial charge in [-0.05, 0) is 304 Å². The van der Waals surface area contributed by atoms with Crippen molar-refractivity contribution >= 4 is 52.5 Å². The van der Waals surface area contributed by atoms with E-state index in [4.69, 9.17) is 20.3 Å². The molecular weight excluding hydrogens is 1720 g/mol. The lowest BCUT2D eigenvalue weighted by atomic mass is 9.78. The van der Waals surface area contributed by atoms with Crippen LogP contribution in [-0.2, 0) is 63.9 Å². The van der Waals surface area contributed by atoms with Gasteiger partial charge in [0.1, 0.15) is 23.3 Å². The Kier molecular flexibility index (Phi) is 42.4. The number of fused-ring (bicyclic) bond motifs is 5. The standard InChI is InChI=1S/C27H42N4O2.C27H32N2.C23H35N3O.C16H23N.C14H24O4.C9H17NO4/c1-20(28-2)26(32)29-25(23-11-7-4-8-12-23)27(33)31-18-15-22-14-17-30(19-24(22)31)16-13-21-9-5-3-6-10-21;1-21(25-13-7-11-23-10-5-6-12-26(23)25)29-19-16-24-15-18-28(20-27(24)29)17-14-22-8-3-2-4-9-22;24-22(20-9-5-2-6-10-20)23(27)26-16-13-19-12-15-25(17-21(19)26)14-11-18-7-3-1-4-8-18;1-2-5-14(6-3-1)9-11-17-12-10-15-7-4-8-16(15)13-17;1-14(2,3)18-12(15)9-11(13(16)17)10-7-5-4-6-8-10;1-6(7(11)12)10(5)8(13)14-9(2,3)4/h3,5-6,9-10,20,22-25,28H,4,7-8,11-19H2,1-2H3,(H,29,32);2-13,21,24,27H,14-20H2,1H3;1,3-4,7-8,19-22H,2,5-6,9-17,24H2;1-3,5-6,15-16H,4,7-13H2;10-11H,4-9H2,1-3H3,(H,16,17);6H,1-5H3,(H,11,12)/t20-,22+,24+,25-;21-,24+,27+;19-,21-,22+;15-,16+;11-;6-/m001000/s1. The number of esters is 1. The first kappa shape index (κ1) is 108. The Morgan fingerprint density at radius 2 is 0.819 bits per heavy atom. The van der Waals surface area contributed by atoms with E-state index in [1.54, 1.807) is 48.6 Å². The first-order chi connectivity index (χ1) is 66.4. The molecule has 6 aromatic rings. The number of likely N-dealkylation sites (N-methyl/N-ethyl adjacent to an activating group) is 2. The predicted molar refractivity (Wildman–Crippen MR) is 555 cm³/mol. The zero-order valence-corrected chi connectivity index (χ0v) is 85.9. The molecule has 6 N–H and O–H groups in total. The Bertz CT molecular complexity index is 4670. The first-order valence-electron chi connectivity index (χ1n) is 53.7. The van der Waals surface area contributed by atoms with Gasteiger partial charge in [-0.1, -0.05) is 234 Å². The van der Waals surface area contributed by atoms with Gasteiger partial charge >= 0.3 is 24.0 Å². The zero-order chi connectivity index (χ0) is 98.3. The molecule has 22 nitrogen and oxygen atoms in total. The first-order valence-corrected chi connectivity index (χ1v) is 53.7. The number of rotatable bonds is 27. The minimum absolute atomic E-state index is 0.00271. The van der Waals surface area contributed by atoms with Crippen LogP contribution < -0.4 is 16.4 Å². The summed E-state index contributed by atoms with van der Waals surface area (Å²) in [7, 11) is 3.19. The summed E-state index contributed by atoms with van der Waals surface area (Å²) >= 11 is 0. The highest BCUT2D eigenvalue weighted by molar-refractivity contribution is 5.90. The van der Waals surface area contributed by atoms with Crippen LogP contribution in [0.4, 0.5) is 4.79 Å². The summed E-state index contributed by atoms with van der Waals surface area (Å²) in [6.07, 6.45) is 34.1. The van der Waals surface area contributed by atoms with Crippen LogP contribution in [0.1, 0.15) is 263 Å². The Labute approximate surface area is 828 Å². The number of likely N-dealkylation sites (tertiary alicyclic amines) is 7. The topological polar surface area (TPSA) is 254 Å². The second-order valence-electron chi connectivity index (χ2n) is 44.2. The van der Waals surface area contributed by atoms with E-state index >= 15 is 0 Å². The number of carbonyl (C=O) groups is 7. The van der Waals surface area contributed by atoms with Gasteiger partial charge in [0.2, 0.25) is 17.7 Å². The number of nitrogens with zero attached hydrogens (tertiary/aromatic N) is 8. The highest BCUT2D eigenvalue weighted by atomic mass is 16.6. The fourth-order valence-electron chi connectivity index (χ4n) is 24.1. The lowest BCUT2D eigenvalue weighted by Gasteiger charge is -2.41. The van der Waals surface area contributed by atoms with Crippen LogP contribution in [0.2, 0.25) is 0 Å². The van der Waals surface area contributed by atoms with Crippen molar-refractivity contribution in [2.45, 2.75) is 314 Å². The molecule has 4 amide bonds. The van der Waals surface area contributed by atoms with Gasteiger partial charge in [-0.3, -0.25) is 33.8 Å². The van der Waals surface area contributed by atoms with Crippen LogP contribution in [0.3, 0.4) is 0 Å². The third-order valence-corrected chi connectivity index (χ3v) is 32.5. The highest BCUT2D eigenvalue weighted by Gasteiger charge is 2.47. The van der Waals surface area contributed by atoms with Gasteiger partial charge in [0.15, 0.2) is 0 Å². The van der Waals surface area contributed by atoms with E-state index in [2.05, 4.69) is 216 Å². The van der Waals surface area contributed by atoms with Crippen molar-refractivity contribution in [3.05, 3.63) is 192 Å². The minimum Gasteiger partial charge on any atom is -0.481 e. The third kappa shape index (κ3) is 32.7. The van der Waals surface area contributed by atoms with Gasteiger partial charge in [0.25, 0.3) is 0 Å². The van der Waals surface area contributed by atoms with Crippen LogP contribution in [0.5, 0.6) is 0 Å². The third-order valence-electron chi connectivity index (χ3n) is 32.5. The van der Waals surface area contributed by atoms with Gasteiger partial charge in [0, 0.05) is 96.7 Å². The Balaban J connectivity index is 0.000000152. The van der Waals surface area contributed by atoms with E-state index in [0.29, 0.717) is 35.9 Å². The number of hydrogen-bond donors (Lipinski definition) is 5. The number of ether oxygens (including phenoxy) is 2. The Morgan fingerprint density at radius 1 is 0.420 bits per heavy atom. The fourth-order valence-corrected chi connectivity index (χ4v) is 24.1. The van der Waals surface area contributed by atoms with Gasteiger partial charge in [-0.2, -0.15) is 0 Å². The number of carboxylic acid groups (broad SMARTS) is 2. The summed E-state index contributed by atoms with van der Waals surface area (Å²) in [5.41, 5.74) is 12.5. The second-order valence-corrected chi connectivity index (χ2v) is 44.2. The number of nitrogens with two attached hydrogens (primary N) is 1. The molecule has 7 saturated heterocycles. The molecule has 17 rings (SSSR count). The molecule has 4 aliphatic carbocycles. The van der Waals surface area contributed by atoms with Gasteiger partial charge < -0.3 is 65.5 Å². The maximum absolute atomic E-state index is 13.9. The minimum atomic E-state index is -1.06. The van der Waals surface area contributed by atoms with Crippen molar-refractivity contribution in [1.82, 2.24) is 49.8 Å². The second kappa shape index (κ2) is 54.0. The number of piperidine rings is 4. The predicted octanol–water partition coefficient (Wildman–Crippen LogP) is 19.1. The van der Waals surface area contributed by atoms with Crippen molar-refractivity contribution in [3.63, 3.8) is 0 Å². The average molecular weight is 1900 g/mol. The summed E-state index contributed by atoms with van der Waals surface area (Å²) in [5.74, 6) is 2.47. The van der Waals surface area contributed by atoms with Crippen molar-refractivity contribution in [2.75, 3.05) is 112 Å². The number of carboxylic acids is 2. The molecule has 0 spiro atoms. The molecule has 11 aliphatic rings. The molecule has 138 heavy (non-hydrogen) atoms. The summed E-state index contributed by atoms with van der Waals surface area (Å²) < 4.78 is 10.2. The smallest absolute Gasteiger partial charge is 0.410 e. The van der Waals surface area contributed by atoms with E-state index in [1.807, 2.05) is 6.92 Å². The number of hydrogen-bond acceptors (Lipinski definition) is 16. The number of aliphatic carboxylic acids is 2. The molecule has 758 valence electrons. The van der Waals surface area contributed by atoms with Crippen LogP contribution >= 0.6 is 0 Å². The van der Waals surface area contributed by atoms with Gasteiger partial charge in [-0.15, -0.1) is 0 Å². The maximum Gasteiger partial charge on any atom is 0.410 e. The molecule has 7 heterocycles. The molecule has 7 aliphatic heterocycles. The molecule has 0 bridgehead atoms. The normalized spacial score (nSPS) is 24.2. The van der Waals surface area contributed by atoms with Crippen LogP contribution in [0.15, 0.2) is 164 Å². The lowest BCUT2D eigenvalue weighted by Crippen LogP contribution is -2.58. The van der Waals surface area contributed by atoms with Gasteiger partial charge in [-0.25, -0.2) is 9.59 Å². The molecular formula is C116H173N11O11. The van der Waals surface area contributed by atoms with Crippen molar-refractivity contribution < 1.29 is 53.2 Å². The SMILES string of the molecule is CC(C)(C)OC(=O)C[C@H](C(=O)O)C1CCCCC1.CN[C@@H](C)C(=O)N[C@H](C(=O)N1CC[C@H]2CCN(CCc3ccccc3)C[C@H]21)C1CCCCC1.C[C@@H](C(=O)O)N(C)C(=O)OC(C)(C)C.C[C@@H](c1cccc2ccccc12)N1CC[C@H]2CCN(CCc3ccccc3)C[C@H]21.N[C@H](C(=O)N1CC[C@H]2CCN(CCc3ccccc3)C[C@H]21)C1CCCCC1.c1ccc(CCN2CC[C@@H]3CCC[C@@H]3C2)cc1. The maximum atomic E-state index is 13.9. The quantitative estimate of drug-likeness (QED) is 0.0300. The van der Waals surface area contributed by atoms with Crippen LogP contribution in [0, 0.1) is 53.3 Å². The molecule has 0 aromatic heterocycles. The fraction of sp³-hybridized carbons (Fsp3) is 0.647. The molecule has 6 aromatic carbocycles. The largest absolute Gasteiger partial charge is 0.481 e. The molecule has 0 unspecified atom stereocenters. The van der Waals surface area contributed by atoms with Crippen molar-refractivity contribution in [2.24, 2.45) is 59.0 Å². The summed E-state index contributed by atoms with van der Waals surface area (Å²) in [5, 5.41) is 26.9.